The van der Waals surface area contributed by atoms with Gasteiger partial charge in [-0.25, -0.2) is 0 Å². The van der Waals surface area contributed by atoms with Crippen molar-refractivity contribution in [3.63, 3.8) is 0 Å². The number of carbonyl (C=O) groups is 3. The van der Waals surface area contributed by atoms with Crippen molar-refractivity contribution in [3.8, 4) is 0 Å². The molecule has 0 amide bonds. The van der Waals surface area contributed by atoms with Gasteiger partial charge in [0.05, 0.1) is 25.8 Å². The zero-order valence-corrected chi connectivity index (χ0v) is 27.5. The molecular weight excluding hydrogens is 573 g/mol. The molecule has 0 bridgehead atoms. The number of aliphatic carboxylic acids is 3. The van der Waals surface area contributed by atoms with Gasteiger partial charge in [-0.3, -0.25) is 0 Å². The van der Waals surface area contributed by atoms with Gasteiger partial charge >= 0.3 is 88.7 Å². The number of carboxylic acid groups (broad SMARTS) is 3. The molecule has 1 aliphatic rings. The van der Waals surface area contributed by atoms with Gasteiger partial charge < -0.3 is 90.2 Å². The smallest absolute Gasteiger partial charge is 0.550 e. The van der Waals surface area contributed by atoms with Gasteiger partial charge in [0.2, 0.25) is 0 Å². The molecular formula is C18H29Na3O18. The van der Waals surface area contributed by atoms with E-state index in [1.165, 1.54) is 0 Å². The molecule has 9 atom stereocenters. The molecule has 21 heteroatoms. The van der Waals surface area contributed by atoms with Crippen LogP contribution < -0.4 is 104 Å². The largest absolute Gasteiger partial charge is 1.00 e. The number of carbonyl (C=O) groups excluding carboxylic acids is 3. The summed E-state index contributed by atoms with van der Waals surface area (Å²) in [6.07, 6.45) is -17.8. The van der Waals surface area contributed by atoms with Gasteiger partial charge in [0.15, 0.2) is 6.29 Å². The number of ether oxygens (including phenoxy) is 2. The standard InChI is InChI=1S/C12H24O11.C6H8O7.3Na/c13-1-4(16)7(18)11(5(17)2-14)23-12-10(21)9(20)8(19)6(3-15)22-12;7-3(8)1-6(13,5(11)12)2-4(9)10;;;/h4-21H,1-3H2;13H,1-2H2,(H,7,8)(H,9,10)(H,11,12);;;/q;;3*+1/p-3/t4-,5+,6+,7+,8-,9-,10+,11+,12-;;;;/m0..../s1. The first-order valence-corrected chi connectivity index (χ1v) is 10.1. The van der Waals surface area contributed by atoms with Crippen molar-refractivity contribution in [2.45, 2.75) is 73.6 Å². The van der Waals surface area contributed by atoms with Gasteiger partial charge in [0.1, 0.15) is 54.4 Å². The third-order valence-electron chi connectivity index (χ3n) is 4.88. The summed E-state index contributed by atoms with van der Waals surface area (Å²) in [4.78, 5) is 30.0. The van der Waals surface area contributed by atoms with E-state index >= 15 is 0 Å². The van der Waals surface area contributed by atoms with Crippen molar-refractivity contribution < 1.29 is 179 Å². The molecule has 0 aromatic carbocycles. The summed E-state index contributed by atoms with van der Waals surface area (Å²) in [5.41, 5.74) is -2.97. The van der Waals surface area contributed by atoms with E-state index in [1.807, 2.05) is 0 Å². The molecule has 0 aliphatic carbocycles. The van der Waals surface area contributed by atoms with E-state index < -0.39 is 111 Å². The fourth-order valence-corrected chi connectivity index (χ4v) is 2.85. The summed E-state index contributed by atoms with van der Waals surface area (Å²) >= 11 is 0. The van der Waals surface area contributed by atoms with Gasteiger partial charge in [0.25, 0.3) is 0 Å². The van der Waals surface area contributed by atoms with Gasteiger partial charge in [-0.1, -0.05) is 0 Å². The molecule has 212 valence electrons. The molecule has 0 radical (unpaired) electrons. The fraction of sp³-hybridized carbons (Fsp3) is 0.833. The second kappa shape index (κ2) is 22.5. The van der Waals surface area contributed by atoms with Gasteiger partial charge in [-0.2, -0.15) is 0 Å². The van der Waals surface area contributed by atoms with E-state index in [9.17, 15) is 60.3 Å². The number of aliphatic hydroxyl groups is 10. The van der Waals surface area contributed by atoms with Crippen LogP contribution in [0.4, 0.5) is 0 Å². The third-order valence-corrected chi connectivity index (χ3v) is 4.88. The molecule has 10 N–H and O–H groups in total. The number of hydrogen-bond donors (Lipinski definition) is 10. The van der Waals surface area contributed by atoms with Crippen molar-refractivity contribution in [1.82, 2.24) is 0 Å². The Morgan fingerprint density at radius 1 is 0.795 bits per heavy atom. The van der Waals surface area contributed by atoms with Crippen LogP contribution in [0.2, 0.25) is 0 Å². The number of carboxylic acids is 3. The molecule has 1 aliphatic heterocycles. The Labute approximate surface area is 287 Å². The maximum atomic E-state index is 10.1. The van der Waals surface area contributed by atoms with Crippen LogP contribution in [0, 0.1) is 0 Å². The Bertz CT molecular complexity index is 699. The molecule has 1 heterocycles. The fourth-order valence-electron chi connectivity index (χ4n) is 2.85. The van der Waals surface area contributed by atoms with E-state index in [1.54, 1.807) is 0 Å². The zero-order chi connectivity index (χ0) is 28.4. The minimum atomic E-state index is -2.97. The van der Waals surface area contributed by atoms with Gasteiger partial charge in [-0.05, 0) is 0 Å². The molecule has 1 fully saturated rings. The van der Waals surface area contributed by atoms with Crippen LogP contribution in [-0.2, 0) is 23.9 Å². The Morgan fingerprint density at radius 2 is 1.23 bits per heavy atom. The first-order chi connectivity index (χ1) is 16.6. The minimum absolute atomic E-state index is 0. The molecule has 1 rings (SSSR count). The van der Waals surface area contributed by atoms with E-state index in [0.29, 0.717) is 0 Å². The van der Waals surface area contributed by atoms with Crippen molar-refractivity contribution in [3.05, 3.63) is 0 Å². The van der Waals surface area contributed by atoms with Crippen molar-refractivity contribution in [2.24, 2.45) is 0 Å². The minimum Gasteiger partial charge on any atom is -0.550 e. The third kappa shape index (κ3) is 15.3. The number of aliphatic hydroxyl groups excluding tert-OH is 9. The van der Waals surface area contributed by atoms with E-state index in [0.717, 1.165) is 0 Å². The van der Waals surface area contributed by atoms with Crippen LogP contribution >= 0.6 is 0 Å². The van der Waals surface area contributed by atoms with E-state index in [2.05, 4.69) is 0 Å². The Balaban J connectivity index is -0.000000332. The summed E-state index contributed by atoms with van der Waals surface area (Å²) in [6, 6.07) is 0. The molecule has 18 nitrogen and oxygen atoms in total. The topological polar surface area (TPSA) is 341 Å². The number of rotatable bonds is 13. The molecule has 0 unspecified atom stereocenters. The van der Waals surface area contributed by atoms with E-state index in [-0.39, 0.29) is 88.7 Å². The summed E-state index contributed by atoms with van der Waals surface area (Å²) in [5.74, 6) is -5.98. The molecule has 0 aromatic heterocycles. The normalized spacial score (nSPS) is 25.5. The predicted molar refractivity (Wildman–Crippen MR) is 100 cm³/mol. The summed E-state index contributed by atoms with van der Waals surface area (Å²) in [6.45, 7) is -2.45. The second-order valence-electron chi connectivity index (χ2n) is 7.71. The summed E-state index contributed by atoms with van der Waals surface area (Å²) in [5, 5.41) is 124. The molecule has 1 saturated heterocycles. The predicted octanol–water partition coefficient (Wildman–Crippen LogP) is -20.0. The van der Waals surface area contributed by atoms with E-state index in [4.69, 9.17) is 29.9 Å². The monoisotopic (exact) mass is 602 g/mol. The second-order valence-corrected chi connectivity index (χ2v) is 7.71. The van der Waals surface area contributed by atoms with Crippen molar-refractivity contribution in [1.29, 1.82) is 0 Å². The molecule has 0 aromatic rings. The maximum absolute atomic E-state index is 10.1. The molecule has 39 heavy (non-hydrogen) atoms. The van der Waals surface area contributed by atoms with Crippen LogP contribution in [0.25, 0.3) is 0 Å². The molecule has 0 saturated carbocycles. The van der Waals surface area contributed by atoms with Crippen molar-refractivity contribution in [2.75, 3.05) is 19.8 Å². The van der Waals surface area contributed by atoms with Crippen LogP contribution in [0.1, 0.15) is 12.8 Å². The maximum Gasteiger partial charge on any atom is 1.00 e. The van der Waals surface area contributed by atoms with Crippen LogP contribution in [0.3, 0.4) is 0 Å². The van der Waals surface area contributed by atoms with Gasteiger partial charge in [0, 0.05) is 24.8 Å². The number of hydrogen-bond acceptors (Lipinski definition) is 18. The van der Waals surface area contributed by atoms with Crippen molar-refractivity contribution >= 4 is 17.9 Å². The zero-order valence-electron chi connectivity index (χ0n) is 21.5. The first-order valence-electron chi connectivity index (χ1n) is 10.1. The van der Waals surface area contributed by atoms with Crippen LogP contribution in [0.15, 0.2) is 0 Å². The van der Waals surface area contributed by atoms with Crippen LogP contribution in [0.5, 0.6) is 0 Å². The SMILES string of the molecule is O=C([O-])CC(O)(CC(=O)[O-])C(=O)[O-].OC[C@@H](O)[C@@H](O[C@@H]1O[C@H](CO)[C@H](O)[C@H](O)[C@H]1O)[C@H](O)[C@@H](O)CO.[Na+].[Na+].[Na+]. The van der Waals surface area contributed by atoms with Crippen LogP contribution in [-0.4, -0.2) is 150 Å². The first kappa shape index (κ1) is 46.9. The average molecular weight is 602 g/mol. The molecule has 0 spiro atoms. The summed E-state index contributed by atoms with van der Waals surface area (Å²) < 4.78 is 10.1. The Hall–Kier alpha value is 0.930. The Morgan fingerprint density at radius 3 is 1.56 bits per heavy atom. The summed E-state index contributed by atoms with van der Waals surface area (Å²) in [7, 11) is 0. The quantitative estimate of drug-likeness (QED) is 0.0874. The van der Waals surface area contributed by atoms with Gasteiger partial charge in [-0.15, -0.1) is 0 Å². The Kier molecular flexibility index (Phi) is 27.0. The average Bonchev–Trinajstić information content (AvgIpc) is 2.80.